The molecule has 3 aromatic rings. The third-order valence-corrected chi connectivity index (χ3v) is 4.65. The van der Waals surface area contributed by atoms with Gasteiger partial charge in [0, 0.05) is 23.7 Å². The molecule has 4 heteroatoms. The van der Waals surface area contributed by atoms with Crippen LogP contribution >= 0.6 is 0 Å². The largest absolute Gasteiger partial charge is 0.350 e. The fourth-order valence-corrected chi connectivity index (χ4v) is 3.49. The van der Waals surface area contributed by atoms with E-state index in [9.17, 15) is 9.59 Å². The van der Waals surface area contributed by atoms with Crippen LogP contribution in [0.2, 0.25) is 0 Å². The van der Waals surface area contributed by atoms with Gasteiger partial charge in [0.25, 0.3) is 5.91 Å². The number of para-hydroxylation sites is 1. The number of anilines is 1. The Kier molecular flexibility index (Phi) is 3.45. The van der Waals surface area contributed by atoms with Crippen LogP contribution in [0.1, 0.15) is 28.0 Å². The number of rotatable bonds is 1. The molecule has 0 spiro atoms. The van der Waals surface area contributed by atoms with Crippen LogP contribution in [0.25, 0.3) is 10.9 Å². The van der Waals surface area contributed by atoms with Crippen molar-refractivity contribution in [3.8, 4) is 0 Å². The third-order valence-electron chi connectivity index (χ3n) is 4.65. The molecule has 0 atom stereocenters. The van der Waals surface area contributed by atoms with Crippen molar-refractivity contribution < 1.29 is 4.79 Å². The van der Waals surface area contributed by atoms with E-state index in [0.29, 0.717) is 23.1 Å². The van der Waals surface area contributed by atoms with Crippen molar-refractivity contribution >= 4 is 22.5 Å². The summed E-state index contributed by atoms with van der Waals surface area (Å²) in [6.07, 6.45) is 1.91. The van der Waals surface area contributed by atoms with Gasteiger partial charge in [0.2, 0.25) is 0 Å². The normalized spacial score (nSPS) is 13.8. The fraction of sp³-hybridized carbons (Fsp3) is 0.200. The molecule has 1 amide bonds. The molecule has 0 aliphatic carbocycles. The summed E-state index contributed by atoms with van der Waals surface area (Å²) in [6.45, 7) is 2.57. The molecule has 0 fully saturated rings. The lowest BCUT2D eigenvalue weighted by Gasteiger charge is -2.29. The van der Waals surface area contributed by atoms with Gasteiger partial charge in [-0.05, 0) is 43.0 Å². The molecule has 1 aromatic heterocycles. The van der Waals surface area contributed by atoms with Gasteiger partial charge in [-0.25, -0.2) is 0 Å². The molecule has 0 bridgehead atoms. The molecule has 2 heterocycles. The number of aromatic nitrogens is 1. The number of carbonyl (C=O) groups is 1. The maximum Gasteiger partial charge on any atom is 0.274 e. The van der Waals surface area contributed by atoms with Crippen molar-refractivity contribution in [3.05, 3.63) is 75.6 Å². The Morgan fingerprint density at radius 1 is 1.12 bits per heavy atom. The summed E-state index contributed by atoms with van der Waals surface area (Å²) in [6, 6.07) is 15.0. The number of carbonyl (C=O) groups excluding carboxylic acids is 1. The molecule has 1 N–H and O–H groups in total. The van der Waals surface area contributed by atoms with Gasteiger partial charge >= 0.3 is 0 Å². The first-order valence-electron chi connectivity index (χ1n) is 8.17. The van der Waals surface area contributed by atoms with Crippen LogP contribution < -0.4 is 10.3 Å². The number of hydrogen-bond acceptors (Lipinski definition) is 2. The van der Waals surface area contributed by atoms with Crippen molar-refractivity contribution in [2.75, 3.05) is 11.4 Å². The van der Waals surface area contributed by atoms with Gasteiger partial charge < -0.3 is 9.88 Å². The number of amides is 1. The standard InChI is InChI=1S/C20H18N2O2/c1-13-6-4-9-15-19(13)18(23)12-16(21-15)20(24)22-11-5-8-14-7-2-3-10-17(14)22/h2-4,6-7,9-10,12H,5,8,11H2,1H3,(H,21,23). The molecule has 24 heavy (non-hydrogen) atoms. The number of H-pyrrole nitrogens is 1. The first-order chi connectivity index (χ1) is 11.6. The molecule has 0 radical (unpaired) electrons. The highest BCUT2D eigenvalue weighted by atomic mass is 16.2. The van der Waals surface area contributed by atoms with Crippen LogP contribution in [-0.4, -0.2) is 17.4 Å². The Bertz CT molecular complexity index is 1000. The van der Waals surface area contributed by atoms with E-state index in [1.165, 1.54) is 11.6 Å². The highest BCUT2D eigenvalue weighted by molar-refractivity contribution is 6.06. The van der Waals surface area contributed by atoms with Crippen molar-refractivity contribution in [3.63, 3.8) is 0 Å². The summed E-state index contributed by atoms with van der Waals surface area (Å²) in [7, 11) is 0. The molecular weight excluding hydrogens is 300 g/mol. The summed E-state index contributed by atoms with van der Waals surface area (Å²) in [5.74, 6) is -0.150. The molecule has 0 saturated carbocycles. The first kappa shape index (κ1) is 14.7. The maximum atomic E-state index is 13.0. The summed E-state index contributed by atoms with van der Waals surface area (Å²) in [5.41, 5.74) is 3.97. The Hall–Kier alpha value is -2.88. The quantitative estimate of drug-likeness (QED) is 0.747. The maximum absolute atomic E-state index is 13.0. The van der Waals surface area contributed by atoms with E-state index < -0.39 is 0 Å². The van der Waals surface area contributed by atoms with E-state index in [2.05, 4.69) is 11.1 Å². The summed E-state index contributed by atoms with van der Waals surface area (Å²) in [4.78, 5) is 30.4. The van der Waals surface area contributed by atoms with Crippen molar-refractivity contribution in [2.45, 2.75) is 19.8 Å². The average Bonchev–Trinajstić information content (AvgIpc) is 2.60. The van der Waals surface area contributed by atoms with E-state index in [1.807, 2.05) is 43.3 Å². The number of nitrogens with one attached hydrogen (secondary N) is 1. The zero-order valence-electron chi connectivity index (χ0n) is 13.5. The van der Waals surface area contributed by atoms with Crippen LogP contribution in [0.3, 0.4) is 0 Å². The molecular formula is C20H18N2O2. The number of nitrogens with zero attached hydrogens (tertiary/aromatic N) is 1. The molecule has 4 rings (SSSR count). The van der Waals surface area contributed by atoms with Crippen LogP contribution in [0.5, 0.6) is 0 Å². The second-order valence-electron chi connectivity index (χ2n) is 6.23. The first-order valence-corrected chi connectivity index (χ1v) is 8.17. The van der Waals surface area contributed by atoms with Gasteiger partial charge in [-0.3, -0.25) is 9.59 Å². The second-order valence-corrected chi connectivity index (χ2v) is 6.23. The van der Waals surface area contributed by atoms with Gasteiger partial charge in [0.15, 0.2) is 5.43 Å². The Morgan fingerprint density at radius 3 is 2.83 bits per heavy atom. The molecule has 1 aliphatic rings. The lowest BCUT2D eigenvalue weighted by Crippen LogP contribution is -2.36. The Balaban J connectivity index is 1.82. The highest BCUT2D eigenvalue weighted by Crippen LogP contribution is 2.28. The molecule has 1 aliphatic heterocycles. The number of aryl methyl sites for hydroxylation is 2. The minimum atomic E-state index is -0.150. The minimum Gasteiger partial charge on any atom is -0.350 e. The predicted molar refractivity (Wildman–Crippen MR) is 95.7 cm³/mol. The Labute approximate surface area is 139 Å². The van der Waals surface area contributed by atoms with Crippen LogP contribution in [0, 0.1) is 6.92 Å². The lowest BCUT2D eigenvalue weighted by atomic mass is 10.0. The summed E-state index contributed by atoms with van der Waals surface area (Å²) in [5, 5.41) is 0.646. The zero-order valence-corrected chi connectivity index (χ0v) is 13.5. The van der Waals surface area contributed by atoms with Crippen molar-refractivity contribution in [2.24, 2.45) is 0 Å². The van der Waals surface area contributed by atoms with Crippen LogP contribution in [0.4, 0.5) is 5.69 Å². The fourth-order valence-electron chi connectivity index (χ4n) is 3.49. The molecule has 120 valence electrons. The van der Waals surface area contributed by atoms with Gasteiger partial charge in [0.1, 0.15) is 5.69 Å². The molecule has 0 unspecified atom stereocenters. The smallest absolute Gasteiger partial charge is 0.274 e. The van der Waals surface area contributed by atoms with Crippen LogP contribution in [-0.2, 0) is 6.42 Å². The third kappa shape index (κ3) is 2.31. The molecule has 2 aromatic carbocycles. The molecule has 0 saturated heterocycles. The average molecular weight is 318 g/mol. The van der Waals surface area contributed by atoms with Gasteiger partial charge in [-0.15, -0.1) is 0 Å². The number of hydrogen-bond donors (Lipinski definition) is 1. The summed E-state index contributed by atoms with van der Waals surface area (Å²) < 4.78 is 0. The van der Waals surface area contributed by atoms with Gasteiger partial charge in [-0.1, -0.05) is 30.3 Å². The van der Waals surface area contributed by atoms with E-state index >= 15 is 0 Å². The number of aromatic amines is 1. The topological polar surface area (TPSA) is 53.2 Å². The van der Waals surface area contributed by atoms with Gasteiger partial charge in [0.05, 0.1) is 5.52 Å². The van der Waals surface area contributed by atoms with E-state index in [1.54, 1.807) is 4.90 Å². The number of pyridine rings is 1. The Morgan fingerprint density at radius 2 is 1.96 bits per heavy atom. The number of benzene rings is 2. The van der Waals surface area contributed by atoms with E-state index in [4.69, 9.17) is 0 Å². The predicted octanol–water partition coefficient (Wildman–Crippen LogP) is 3.43. The number of fused-ring (bicyclic) bond motifs is 2. The lowest BCUT2D eigenvalue weighted by molar-refractivity contribution is 0.0980. The minimum absolute atomic E-state index is 0.115. The second kappa shape index (κ2) is 5.64. The van der Waals surface area contributed by atoms with E-state index in [-0.39, 0.29) is 11.3 Å². The molecule has 4 nitrogen and oxygen atoms in total. The monoisotopic (exact) mass is 318 g/mol. The van der Waals surface area contributed by atoms with Crippen molar-refractivity contribution in [1.82, 2.24) is 4.98 Å². The summed E-state index contributed by atoms with van der Waals surface area (Å²) >= 11 is 0. The van der Waals surface area contributed by atoms with E-state index in [0.717, 1.165) is 24.1 Å². The van der Waals surface area contributed by atoms with Crippen molar-refractivity contribution in [1.29, 1.82) is 0 Å². The van der Waals surface area contributed by atoms with Gasteiger partial charge in [-0.2, -0.15) is 0 Å². The SMILES string of the molecule is Cc1cccc2[nH]c(C(=O)N3CCCc4ccccc43)cc(=O)c12. The highest BCUT2D eigenvalue weighted by Gasteiger charge is 2.24. The van der Waals surface area contributed by atoms with Crippen LogP contribution in [0.15, 0.2) is 53.3 Å². The zero-order chi connectivity index (χ0) is 16.7.